The molecule has 2 aromatic carbocycles. The summed E-state index contributed by atoms with van der Waals surface area (Å²) in [6, 6.07) is 13.3. The van der Waals surface area contributed by atoms with Crippen LogP contribution in [0, 0.1) is 0 Å². The third kappa shape index (κ3) is 3.37. The van der Waals surface area contributed by atoms with E-state index < -0.39 is 12.6 Å². The first-order chi connectivity index (χ1) is 8.04. The van der Waals surface area contributed by atoms with Crippen LogP contribution in [0.25, 0.3) is 10.8 Å². The van der Waals surface area contributed by atoms with Crippen LogP contribution < -0.4 is 5.32 Å². The van der Waals surface area contributed by atoms with Crippen LogP contribution in [0.4, 0.5) is 18.9 Å². The quantitative estimate of drug-likeness (QED) is 0.846. The molecule has 0 radical (unpaired) electrons. The van der Waals surface area contributed by atoms with E-state index >= 15 is 0 Å². The van der Waals surface area contributed by atoms with E-state index in [0.717, 1.165) is 10.8 Å². The number of hydrogen-bond acceptors (Lipinski definition) is 1. The predicted molar refractivity (Wildman–Crippen MR) is 63.1 cm³/mol. The van der Waals surface area contributed by atoms with Gasteiger partial charge in [0.1, 0.15) is 0 Å². The van der Waals surface area contributed by atoms with Gasteiger partial charge in [-0.1, -0.05) is 30.3 Å². The molecule has 0 aliphatic rings. The smallest absolute Gasteiger partial charge is 0.385 e. The molecular formula is C13H12F3N. The maximum atomic E-state index is 12.0. The lowest BCUT2D eigenvalue weighted by Gasteiger charge is -2.09. The summed E-state index contributed by atoms with van der Waals surface area (Å²) < 4.78 is 35.9. The predicted octanol–water partition coefficient (Wildman–Crippen LogP) is 4.20. The summed E-state index contributed by atoms with van der Waals surface area (Å²) in [5.74, 6) is 0. The van der Waals surface area contributed by atoms with Crippen LogP contribution in [0.2, 0.25) is 0 Å². The standard InChI is InChI=1S/C13H12F3N/c14-13(15,16)7-8-17-12-6-5-10-3-1-2-4-11(10)9-12/h1-6,9,17H,7-8H2. The van der Waals surface area contributed by atoms with Gasteiger partial charge in [0.2, 0.25) is 0 Å². The SMILES string of the molecule is FC(F)(F)CCNc1ccc2ccccc2c1. The Morgan fingerprint density at radius 2 is 1.65 bits per heavy atom. The molecule has 0 spiro atoms. The molecule has 0 atom stereocenters. The third-order valence-corrected chi connectivity index (χ3v) is 2.49. The number of halogens is 3. The Morgan fingerprint density at radius 1 is 0.941 bits per heavy atom. The van der Waals surface area contributed by atoms with Gasteiger partial charge in [-0.25, -0.2) is 0 Å². The van der Waals surface area contributed by atoms with Crippen molar-refractivity contribution in [1.29, 1.82) is 0 Å². The highest BCUT2D eigenvalue weighted by molar-refractivity contribution is 5.85. The van der Waals surface area contributed by atoms with E-state index in [1.54, 1.807) is 6.07 Å². The Bertz CT molecular complexity index is 505. The summed E-state index contributed by atoms with van der Waals surface area (Å²) in [5.41, 5.74) is 0.716. The molecule has 0 unspecified atom stereocenters. The van der Waals surface area contributed by atoms with Crippen LogP contribution in [-0.4, -0.2) is 12.7 Å². The number of rotatable bonds is 3. The molecule has 0 heterocycles. The molecule has 2 aromatic rings. The van der Waals surface area contributed by atoms with Crippen LogP contribution in [0.5, 0.6) is 0 Å². The Balaban J connectivity index is 2.04. The zero-order valence-corrected chi connectivity index (χ0v) is 9.09. The van der Waals surface area contributed by atoms with E-state index in [4.69, 9.17) is 0 Å². The van der Waals surface area contributed by atoms with Crippen molar-refractivity contribution in [2.45, 2.75) is 12.6 Å². The van der Waals surface area contributed by atoms with Gasteiger partial charge in [0, 0.05) is 12.2 Å². The first-order valence-corrected chi connectivity index (χ1v) is 5.34. The monoisotopic (exact) mass is 239 g/mol. The van der Waals surface area contributed by atoms with Crippen LogP contribution in [0.3, 0.4) is 0 Å². The summed E-state index contributed by atoms with van der Waals surface area (Å²) in [4.78, 5) is 0. The van der Waals surface area contributed by atoms with Gasteiger partial charge < -0.3 is 5.32 Å². The molecule has 0 aliphatic heterocycles. The van der Waals surface area contributed by atoms with Gasteiger partial charge in [0.05, 0.1) is 6.42 Å². The maximum Gasteiger partial charge on any atom is 0.390 e. The average molecular weight is 239 g/mol. The minimum absolute atomic E-state index is 0.0954. The van der Waals surface area contributed by atoms with E-state index in [-0.39, 0.29) is 6.54 Å². The summed E-state index contributed by atoms with van der Waals surface area (Å²) >= 11 is 0. The lowest BCUT2D eigenvalue weighted by atomic mass is 10.1. The molecule has 1 nitrogen and oxygen atoms in total. The molecular weight excluding hydrogens is 227 g/mol. The first-order valence-electron chi connectivity index (χ1n) is 5.34. The zero-order valence-electron chi connectivity index (χ0n) is 9.09. The van der Waals surface area contributed by atoms with Crippen molar-refractivity contribution in [3.8, 4) is 0 Å². The number of hydrogen-bond donors (Lipinski definition) is 1. The second-order valence-corrected chi connectivity index (χ2v) is 3.85. The highest BCUT2D eigenvalue weighted by Gasteiger charge is 2.25. The Hall–Kier alpha value is -1.71. The molecule has 0 bridgehead atoms. The van der Waals surface area contributed by atoms with E-state index in [1.807, 2.05) is 36.4 Å². The molecule has 0 aliphatic carbocycles. The minimum Gasteiger partial charge on any atom is -0.385 e. The minimum atomic E-state index is -4.11. The average Bonchev–Trinajstić information content (AvgIpc) is 2.27. The molecule has 2 rings (SSSR count). The van der Waals surface area contributed by atoms with Crippen molar-refractivity contribution >= 4 is 16.5 Å². The second-order valence-electron chi connectivity index (χ2n) is 3.85. The molecule has 0 amide bonds. The largest absolute Gasteiger partial charge is 0.390 e. The van der Waals surface area contributed by atoms with Gasteiger partial charge in [-0.05, 0) is 22.9 Å². The van der Waals surface area contributed by atoms with E-state index in [9.17, 15) is 13.2 Å². The lowest BCUT2D eigenvalue weighted by Crippen LogP contribution is -2.14. The van der Waals surface area contributed by atoms with Gasteiger partial charge >= 0.3 is 6.18 Å². The number of nitrogens with one attached hydrogen (secondary N) is 1. The van der Waals surface area contributed by atoms with Gasteiger partial charge in [0.15, 0.2) is 0 Å². The van der Waals surface area contributed by atoms with Crippen molar-refractivity contribution in [3.63, 3.8) is 0 Å². The van der Waals surface area contributed by atoms with Gasteiger partial charge in [0.25, 0.3) is 0 Å². The first kappa shape index (κ1) is 11.8. The van der Waals surface area contributed by atoms with Crippen LogP contribution in [-0.2, 0) is 0 Å². The molecule has 0 fully saturated rings. The molecule has 90 valence electrons. The molecule has 1 N–H and O–H groups in total. The van der Waals surface area contributed by atoms with E-state index in [1.165, 1.54) is 0 Å². The normalized spacial score (nSPS) is 11.7. The Labute approximate surface area is 97.3 Å². The van der Waals surface area contributed by atoms with Crippen molar-refractivity contribution in [1.82, 2.24) is 0 Å². The number of fused-ring (bicyclic) bond motifs is 1. The fraction of sp³-hybridized carbons (Fsp3) is 0.231. The second kappa shape index (κ2) is 4.65. The highest BCUT2D eigenvalue weighted by Crippen LogP contribution is 2.21. The van der Waals surface area contributed by atoms with Crippen LogP contribution in [0.15, 0.2) is 42.5 Å². The van der Waals surface area contributed by atoms with Gasteiger partial charge in [-0.2, -0.15) is 13.2 Å². The van der Waals surface area contributed by atoms with Crippen molar-refractivity contribution in [3.05, 3.63) is 42.5 Å². The highest BCUT2D eigenvalue weighted by atomic mass is 19.4. The Morgan fingerprint density at radius 3 is 2.35 bits per heavy atom. The number of anilines is 1. The molecule has 0 saturated carbocycles. The molecule has 17 heavy (non-hydrogen) atoms. The summed E-state index contributed by atoms with van der Waals surface area (Å²) in [7, 11) is 0. The van der Waals surface area contributed by atoms with E-state index in [2.05, 4.69) is 5.32 Å². The molecule has 0 aromatic heterocycles. The third-order valence-electron chi connectivity index (χ3n) is 2.49. The lowest BCUT2D eigenvalue weighted by molar-refractivity contribution is -0.131. The van der Waals surface area contributed by atoms with Gasteiger partial charge in [-0.15, -0.1) is 0 Å². The van der Waals surface area contributed by atoms with Crippen molar-refractivity contribution < 1.29 is 13.2 Å². The van der Waals surface area contributed by atoms with Crippen molar-refractivity contribution in [2.24, 2.45) is 0 Å². The fourth-order valence-corrected chi connectivity index (χ4v) is 1.65. The molecule has 0 saturated heterocycles. The van der Waals surface area contributed by atoms with E-state index in [0.29, 0.717) is 5.69 Å². The summed E-state index contributed by atoms with van der Waals surface area (Å²) in [5, 5.41) is 4.87. The molecule has 4 heteroatoms. The maximum absolute atomic E-state index is 12.0. The van der Waals surface area contributed by atoms with Crippen LogP contribution >= 0.6 is 0 Å². The number of benzene rings is 2. The zero-order chi connectivity index (χ0) is 12.3. The van der Waals surface area contributed by atoms with Gasteiger partial charge in [-0.3, -0.25) is 0 Å². The van der Waals surface area contributed by atoms with Crippen molar-refractivity contribution in [2.75, 3.05) is 11.9 Å². The summed E-state index contributed by atoms with van der Waals surface area (Å²) in [6.45, 7) is -0.0954. The number of alkyl halides is 3. The fourth-order valence-electron chi connectivity index (χ4n) is 1.65. The Kier molecular flexibility index (Phi) is 3.22. The topological polar surface area (TPSA) is 12.0 Å². The van der Waals surface area contributed by atoms with Crippen LogP contribution in [0.1, 0.15) is 6.42 Å². The summed E-state index contributed by atoms with van der Waals surface area (Å²) in [6.07, 6.45) is -4.93.